The van der Waals surface area contributed by atoms with E-state index < -0.39 is 0 Å². The summed E-state index contributed by atoms with van der Waals surface area (Å²) in [6.45, 7) is 0. The Morgan fingerprint density at radius 3 is 3.00 bits per heavy atom. The van der Waals surface area contributed by atoms with Crippen LogP contribution in [-0.4, -0.2) is 19.6 Å². The minimum Gasteiger partial charge on any atom is -0.282 e. The normalized spacial score (nSPS) is 25.7. The first-order chi connectivity index (χ1) is 8.77. The van der Waals surface area contributed by atoms with Gasteiger partial charge in [0.1, 0.15) is 5.82 Å². The Morgan fingerprint density at radius 1 is 1.28 bits per heavy atom. The molecular weight excluding hydrogens is 248 g/mol. The van der Waals surface area contributed by atoms with Crippen LogP contribution in [-0.2, 0) is 0 Å². The number of nitrogens with zero attached hydrogens (tertiary/aromatic N) is 4. The summed E-state index contributed by atoms with van der Waals surface area (Å²) in [4.78, 5) is 4.05. The molecule has 2 aliphatic rings. The van der Waals surface area contributed by atoms with Gasteiger partial charge in [-0.15, -0.1) is 10.2 Å². The van der Waals surface area contributed by atoms with Gasteiger partial charge in [-0.3, -0.25) is 4.40 Å². The van der Waals surface area contributed by atoms with Crippen molar-refractivity contribution in [2.45, 2.75) is 44.4 Å². The van der Waals surface area contributed by atoms with E-state index in [1.54, 1.807) is 6.20 Å². The third-order valence-electron chi connectivity index (χ3n) is 4.57. The highest BCUT2D eigenvalue weighted by atomic mass is 35.5. The van der Waals surface area contributed by atoms with Gasteiger partial charge in [0.2, 0.25) is 0 Å². The van der Waals surface area contributed by atoms with Crippen molar-refractivity contribution in [3.05, 3.63) is 23.4 Å². The average Bonchev–Trinajstić information content (AvgIpc) is 2.97. The third kappa shape index (κ3) is 1.55. The highest BCUT2D eigenvalue weighted by molar-refractivity contribution is 6.32. The zero-order valence-electron chi connectivity index (χ0n) is 10.1. The van der Waals surface area contributed by atoms with E-state index in [9.17, 15) is 0 Å². The van der Waals surface area contributed by atoms with Gasteiger partial charge in [0.25, 0.3) is 0 Å². The first kappa shape index (κ1) is 10.7. The van der Waals surface area contributed by atoms with Crippen molar-refractivity contribution >= 4 is 17.2 Å². The van der Waals surface area contributed by atoms with Crippen LogP contribution in [0.5, 0.6) is 0 Å². The third-order valence-corrected chi connectivity index (χ3v) is 4.84. The van der Waals surface area contributed by atoms with Gasteiger partial charge in [-0.25, -0.2) is 4.98 Å². The highest BCUT2D eigenvalue weighted by Crippen LogP contribution is 2.59. The van der Waals surface area contributed by atoms with E-state index in [2.05, 4.69) is 15.2 Å². The van der Waals surface area contributed by atoms with Gasteiger partial charge >= 0.3 is 0 Å². The smallest absolute Gasteiger partial charge is 0.198 e. The van der Waals surface area contributed by atoms with Crippen molar-refractivity contribution in [3.63, 3.8) is 0 Å². The monoisotopic (exact) mass is 262 g/mol. The maximum absolute atomic E-state index is 6.04. The quantitative estimate of drug-likeness (QED) is 0.793. The van der Waals surface area contributed by atoms with Crippen molar-refractivity contribution in [1.82, 2.24) is 19.6 Å². The molecule has 0 radical (unpaired) electrons. The minimum atomic E-state index is 0.438. The Labute approximate surface area is 110 Å². The molecule has 2 aromatic rings. The van der Waals surface area contributed by atoms with E-state index in [0.29, 0.717) is 22.1 Å². The number of aromatic nitrogens is 4. The molecule has 2 fully saturated rings. The summed E-state index contributed by atoms with van der Waals surface area (Å²) >= 11 is 6.04. The SMILES string of the molecule is Clc1nccn2c(C3CCCC4(CC4)C3)nnc12. The molecule has 1 atom stereocenters. The zero-order chi connectivity index (χ0) is 12.2. The summed E-state index contributed by atoms with van der Waals surface area (Å²) in [5.41, 5.74) is 1.33. The second-order valence-electron chi connectivity index (χ2n) is 5.76. The van der Waals surface area contributed by atoms with Gasteiger partial charge in [0.15, 0.2) is 10.8 Å². The van der Waals surface area contributed by atoms with Gasteiger partial charge in [0, 0.05) is 18.3 Å². The van der Waals surface area contributed by atoms with Crippen molar-refractivity contribution < 1.29 is 0 Å². The number of hydrogen-bond acceptors (Lipinski definition) is 3. The molecule has 0 N–H and O–H groups in total. The van der Waals surface area contributed by atoms with E-state index in [0.717, 1.165) is 5.82 Å². The molecular formula is C13H15ClN4. The standard InChI is InChI=1S/C13H15ClN4/c14-10-12-17-16-11(18(12)7-6-15-10)9-2-1-3-13(8-9)4-5-13/h6-7,9H,1-5,8H2. The van der Waals surface area contributed by atoms with Crippen LogP contribution in [0, 0.1) is 5.41 Å². The number of fused-ring (bicyclic) bond motifs is 1. The van der Waals surface area contributed by atoms with E-state index in [1.165, 1.54) is 38.5 Å². The summed E-state index contributed by atoms with van der Waals surface area (Å²) in [6.07, 6.45) is 11.7. The number of halogens is 1. The van der Waals surface area contributed by atoms with Crippen molar-refractivity contribution in [2.24, 2.45) is 5.41 Å². The van der Waals surface area contributed by atoms with Gasteiger partial charge in [-0.05, 0) is 37.5 Å². The lowest BCUT2D eigenvalue weighted by atomic mass is 9.78. The van der Waals surface area contributed by atoms with Gasteiger partial charge in [0.05, 0.1) is 0 Å². The van der Waals surface area contributed by atoms with E-state index in [4.69, 9.17) is 11.6 Å². The fraction of sp³-hybridized carbons (Fsp3) is 0.615. The fourth-order valence-electron chi connectivity index (χ4n) is 3.39. The fourth-order valence-corrected chi connectivity index (χ4v) is 3.58. The molecule has 5 heteroatoms. The molecule has 0 amide bonds. The molecule has 0 saturated heterocycles. The Bertz CT molecular complexity index is 602. The van der Waals surface area contributed by atoms with Crippen LogP contribution in [0.4, 0.5) is 0 Å². The summed E-state index contributed by atoms with van der Waals surface area (Å²) < 4.78 is 2.02. The van der Waals surface area contributed by atoms with Crippen LogP contribution in [0.3, 0.4) is 0 Å². The molecule has 0 aliphatic heterocycles. The minimum absolute atomic E-state index is 0.438. The maximum atomic E-state index is 6.04. The molecule has 2 aromatic heterocycles. The lowest BCUT2D eigenvalue weighted by Crippen LogP contribution is -2.17. The topological polar surface area (TPSA) is 43.1 Å². The molecule has 2 heterocycles. The Morgan fingerprint density at radius 2 is 2.17 bits per heavy atom. The predicted molar refractivity (Wildman–Crippen MR) is 68.7 cm³/mol. The van der Waals surface area contributed by atoms with Crippen LogP contribution < -0.4 is 0 Å². The van der Waals surface area contributed by atoms with Crippen molar-refractivity contribution in [2.75, 3.05) is 0 Å². The second-order valence-corrected chi connectivity index (χ2v) is 6.12. The Hall–Kier alpha value is -1.16. The average molecular weight is 263 g/mol. The Balaban J connectivity index is 1.76. The van der Waals surface area contributed by atoms with Crippen LogP contribution in [0.25, 0.3) is 5.65 Å². The highest BCUT2D eigenvalue weighted by Gasteiger charge is 2.46. The molecule has 0 aromatic carbocycles. The molecule has 0 bridgehead atoms. The van der Waals surface area contributed by atoms with Crippen LogP contribution in [0.2, 0.25) is 5.15 Å². The summed E-state index contributed by atoms with van der Waals surface area (Å²) in [6, 6.07) is 0. The first-order valence-corrected chi connectivity index (χ1v) is 7.00. The summed E-state index contributed by atoms with van der Waals surface area (Å²) in [7, 11) is 0. The van der Waals surface area contributed by atoms with Gasteiger partial charge in [-0.1, -0.05) is 18.0 Å². The van der Waals surface area contributed by atoms with Crippen molar-refractivity contribution in [1.29, 1.82) is 0 Å². The first-order valence-electron chi connectivity index (χ1n) is 6.63. The second kappa shape index (κ2) is 3.67. The van der Waals surface area contributed by atoms with E-state index in [1.807, 2.05) is 10.6 Å². The molecule has 2 saturated carbocycles. The zero-order valence-corrected chi connectivity index (χ0v) is 10.9. The van der Waals surface area contributed by atoms with Crippen LogP contribution >= 0.6 is 11.6 Å². The van der Waals surface area contributed by atoms with Gasteiger partial charge < -0.3 is 0 Å². The Kier molecular flexibility index (Phi) is 2.19. The lowest BCUT2D eigenvalue weighted by molar-refractivity contribution is 0.293. The number of hydrogen-bond donors (Lipinski definition) is 0. The largest absolute Gasteiger partial charge is 0.282 e. The lowest BCUT2D eigenvalue weighted by Gasteiger charge is -2.27. The molecule has 1 spiro atoms. The van der Waals surface area contributed by atoms with Gasteiger partial charge in [-0.2, -0.15) is 0 Å². The molecule has 1 unspecified atom stereocenters. The number of rotatable bonds is 1. The van der Waals surface area contributed by atoms with Crippen LogP contribution in [0.15, 0.2) is 12.4 Å². The maximum Gasteiger partial charge on any atom is 0.198 e. The molecule has 2 aliphatic carbocycles. The predicted octanol–water partition coefficient (Wildman–Crippen LogP) is 3.22. The van der Waals surface area contributed by atoms with Crippen LogP contribution in [0.1, 0.15) is 50.3 Å². The van der Waals surface area contributed by atoms with E-state index in [-0.39, 0.29) is 0 Å². The van der Waals surface area contributed by atoms with E-state index >= 15 is 0 Å². The summed E-state index contributed by atoms with van der Waals surface area (Å²) in [5.74, 6) is 1.61. The molecule has 94 valence electrons. The molecule has 4 nitrogen and oxygen atoms in total. The molecule has 18 heavy (non-hydrogen) atoms. The summed E-state index contributed by atoms with van der Waals surface area (Å²) in [5, 5.41) is 8.98. The van der Waals surface area contributed by atoms with Crippen molar-refractivity contribution in [3.8, 4) is 0 Å². The molecule has 4 rings (SSSR count).